The lowest BCUT2D eigenvalue weighted by molar-refractivity contribution is 0.284. The molecule has 28 heavy (non-hydrogen) atoms. The average Bonchev–Trinajstić information content (AvgIpc) is 2.72. The van der Waals surface area contributed by atoms with Crippen LogP contribution in [0.2, 0.25) is 5.02 Å². The van der Waals surface area contributed by atoms with Crippen LogP contribution in [0.5, 0.6) is 11.5 Å². The maximum Gasteiger partial charge on any atom is 0.161 e. The van der Waals surface area contributed by atoms with Crippen LogP contribution in [0.3, 0.4) is 0 Å². The summed E-state index contributed by atoms with van der Waals surface area (Å²) in [5.41, 5.74) is 4.26. The summed E-state index contributed by atoms with van der Waals surface area (Å²) in [6, 6.07) is 21.5. The number of ether oxygens (including phenoxy) is 2. The van der Waals surface area contributed by atoms with Gasteiger partial charge in [-0.15, -0.1) is 0 Å². The van der Waals surface area contributed by atoms with Gasteiger partial charge in [-0.25, -0.2) is 0 Å². The van der Waals surface area contributed by atoms with Crippen LogP contribution in [0, 0.1) is 6.92 Å². The molecule has 144 valence electrons. The van der Waals surface area contributed by atoms with Crippen LogP contribution in [0.15, 0.2) is 66.7 Å². The fraction of sp³-hybridized carbons (Fsp3) is 0.174. The Kier molecular flexibility index (Phi) is 6.90. The van der Waals surface area contributed by atoms with Gasteiger partial charge in [0.15, 0.2) is 11.5 Å². The molecule has 0 unspecified atom stereocenters. The van der Waals surface area contributed by atoms with E-state index in [1.54, 1.807) is 7.11 Å². The van der Waals surface area contributed by atoms with E-state index in [0.29, 0.717) is 34.7 Å². The molecule has 0 saturated carbocycles. The van der Waals surface area contributed by atoms with Gasteiger partial charge in [0.2, 0.25) is 0 Å². The lowest BCUT2D eigenvalue weighted by Gasteiger charge is -2.14. The van der Waals surface area contributed by atoms with E-state index in [9.17, 15) is 0 Å². The first-order chi connectivity index (χ1) is 13.6. The lowest BCUT2D eigenvalue weighted by Crippen LogP contribution is -2.22. The molecule has 3 aromatic rings. The zero-order chi connectivity index (χ0) is 19.9. The molecular formula is C23H22ClNO2S. The quantitative estimate of drug-likeness (QED) is 0.505. The molecule has 0 bridgehead atoms. The third-order valence-electron chi connectivity index (χ3n) is 4.47. The molecule has 3 nitrogen and oxygen atoms in total. The Morgan fingerprint density at radius 3 is 2.39 bits per heavy atom. The highest BCUT2D eigenvalue weighted by Gasteiger charge is 2.10. The normalized spacial score (nSPS) is 10.4. The molecule has 0 aliphatic carbocycles. The summed E-state index contributed by atoms with van der Waals surface area (Å²) >= 11 is 11.7. The Hall–Kier alpha value is -2.56. The van der Waals surface area contributed by atoms with E-state index in [1.165, 1.54) is 11.1 Å². The topological polar surface area (TPSA) is 30.5 Å². The predicted octanol–water partition coefficient (Wildman–Crippen LogP) is 5.70. The van der Waals surface area contributed by atoms with Crippen LogP contribution >= 0.6 is 23.8 Å². The average molecular weight is 412 g/mol. The minimum absolute atomic E-state index is 0.366. The Morgan fingerprint density at radius 1 is 0.964 bits per heavy atom. The zero-order valence-electron chi connectivity index (χ0n) is 15.9. The summed E-state index contributed by atoms with van der Waals surface area (Å²) in [4.78, 5) is 0.666. The number of nitrogens with one attached hydrogen (secondary N) is 1. The molecule has 0 aromatic heterocycles. The van der Waals surface area contributed by atoms with Gasteiger partial charge in [0.1, 0.15) is 11.6 Å². The van der Waals surface area contributed by atoms with Crippen molar-refractivity contribution in [2.24, 2.45) is 0 Å². The third kappa shape index (κ3) is 5.03. The molecule has 5 heteroatoms. The predicted molar refractivity (Wildman–Crippen MR) is 118 cm³/mol. The third-order valence-corrected chi connectivity index (χ3v) is 5.22. The molecule has 0 radical (unpaired) electrons. The number of aryl methyl sites for hydroxylation is 1. The van der Waals surface area contributed by atoms with Gasteiger partial charge in [-0.3, -0.25) is 0 Å². The summed E-state index contributed by atoms with van der Waals surface area (Å²) in [6.07, 6.45) is 0. The van der Waals surface area contributed by atoms with E-state index < -0.39 is 0 Å². The highest BCUT2D eigenvalue weighted by molar-refractivity contribution is 7.80. The van der Waals surface area contributed by atoms with E-state index in [4.69, 9.17) is 33.3 Å². The Morgan fingerprint density at radius 2 is 1.68 bits per heavy atom. The van der Waals surface area contributed by atoms with Gasteiger partial charge in [0.25, 0.3) is 0 Å². The lowest BCUT2D eigenvalue weighted by atomic mass is 10.1. The van der Waals surface area contributed by atoms with E-state index in [-0.39, 0.29) is 0 Å². The molecule has 0 heterocycles. The maximum atomic E-state index is 6.19. The van der Waals surface area contributed by atoms with E-state index in [2.05, 4.69) is 24.4 Å². The van der Waals surface area contributed by atoms with Crippen molar-refractivity contribution < 1.29 is 9.47 Å². The molecular weight excluding hydrogens is 390 g/mol. The standard InChI is InChI=1S/C23H22ClNO2S/c1-16-7-3-4-8-18(16)14-25-23(28)17-11-12-21(22(13-17)26-2)27-15-19-9-5-6-10-20(19)24/h3-13H,14-15H2,1-2H3,(H,25,28). The molecule has 0 aliphatic heterocycles. The van der Waals surface area contributed by atoms with E-state index >= 15 is 0 Å². The second kappa shape index (κ2) is 9.58. The summed E-state index contributed by atoms with van der Waals surface area (Å²) in [6.45, 7) is 3.14. The van der Waals surface area contributed by atoms with Crippen molar-refractivity contribution in [1.29, 1.82) is 0 Å². The number of rotatable bonds is 7. The van der Waals surface area contributed by atoms with Crippen LogP contribution in [-0.2, 0) is 13.2 Å². The van der Waals surface area contributed by atoms with E-state index in [1.807, 2.05) is 54.6 Å². The number of hydrogen-bond donors (Lipinski definition) is 1. The van der Waals surface area contributed by atoms with Gasteiger partial charge < -0.3 is 14.8 Å². The van der Waals surface area contributed by atoms with Crippen molar-refractivity contribution in [3.05, 3.63) is 94.0 Å². The van der Waals surface area contributed by atoms with Gasteiger partial charge in [-0.2, -0.15) is 0 Å². The van der Waals surface area contributed by atoms with Gasteiger partial charge in [-0.1, -0.05) is 66.3 Å². The zero-order valence-corrected chi connectivity index (χ0v) is 17.4. The summed E-state index contributed by atoms with van der Waals surface area (Å²) < 4.78 is 11.4. The fourth-order valence-electron chi connectivity index (χ4n) is 2.79. The van der Waals surface area contributed by atoms with Crippen molar-refractivity contribution in [3.63, 3.8) is 0 Å². The van der Waals surface area contributed by atoms with Gasteiger partial charge in [0, 0.05) is 22.7 Å². The molecule has 0 atom stereocenters. The van der Waals surface area contributed by atoms with Crippen molar-refractivity contribution in [3.8, 4) is 11.5 Å². The summed E-state index contributed by atoms with van der Waals surface area (Å²) in [5, 5.41) is 3.99. The molecule has 1 N–H and O–H groups in total. The van der Waals surface area contributed by atoms with Crippen molar-refractivity contribution in [2.75, 3.05) is 7.11 Å². The van der Waals surface area contributed by atoms with Gasteiger partial charge >= 0.3 is 0 Å². The van der Waals surface area contributed by atoms with Crippen LogP contribution in [0.1, 0.15) is 22.3 Å². The minimum atomic E-state index is 0.366. The number of benzene rings is 3. The minimum Gasteiger partial charge on any atom is -0.493 e. The highest BCUT2D eigenvalue weighted by atomic mass is 35.5. The van der Waals surface area contributed by atoms with Crippen LogP contribution in [0.4, 0.5) is 0 Å². The van der Waals surface area contributed by atoms with Crippen molar-refractivity contribution >= 4 is 28.8 Å². The van der Waals surface area contributed by atoms with Crippen molar-refractivity contribution in [1.82, 2.24) is 5.32 Å². The molecule has 0 saturated heterocycles. The second-order valence-electron chi connectivity index (χ2n) is 6.35. The first-order valence-corrected chi connectivity index (χ1v) is 9.74. The van der Waals surface area contributed by atoms with Gasteiger partial charge in [-0.05, 0) is 42.3 Å². The summed E-state index contributed by atoms with van der Waals surface area (Å²) in [7, 11) is 1.62. The first-order valence-electron chi connectivity index (χ1n) is 8.95. The van der Waals surface area contributed by atoms with E-state index in [0.717, 1.165) is 11.1 Å². The molecule has 0 fully saturated rings. The smallest absolute Gasteiger partial charge is 0.161 e. The Bertz CT molecular complexity index is 974. The number of hydrogen-bond acceptors (Lipinski definition) is 3. The van der Waals surface area contributed by atoms with Crippen LogP contribution < -0.4 is 14.8 Å². The number of thiocarbonyl (C=S) groups is 1. The second-order valence-corrected chi connectivity index (χ2v) is 7.17. The first kappa shape index (κ1) is 20.2. The highest BCUT2D eigenvalue weighted by Crippen LogP contribution is 2.29. The molecule has 0 amide bonds. The number of methoxy groups -OCH3 is 1. The Labute approximate surface area is 176 Å². The van der Waals surface area contributed by atoms with Crippen molar-refractivity contribution in [2.45, 2.75) is 20.1 Å². The molecule has 0 aliphatic rings. The maximum absolute atomic E-state index is 6.19. The number of halogens is 1. The fourth-order valence-corrected chi connectivity index (χ4v) is 3.17. The van der Waals surface area contributed by atoms with Crippen LogP contribution in [-0.4, -0.2) is 12.1 Å². The largest absolute Gasteiger partial charge is 0.493 e. The molecule has 0 spiro atoms. The summed E-state index contributed by atoms with van der Waals surface area (Å²) in [5.74, 6) is 1.28. The molecule has 3 aromatic carbocycles. The van der Waals surface area contributed by atoms with Crippen LogP contribution in [0.25, 0.3) is 0 Å². The van der Waals surface area contributed by atoms with Gasteiger partial charge in [0.05, 0.1) is 7.11 Å². The Balaban J connectivity index is 1.67. The monoisotopic (exact) mass is 411 g/mol. The molecule has 3 rings (SSSR count). The SMILES string of the molecule is COc1cc(C(=S)NCc2ccccc2C)ccc1OCc1ccccc1Cl.